The van der Waals surface area contributed by atoms with Gasteiger partial charge in [-0.1, -0.05) is 0 Å². The summed E-state index contributed by atoms with van der Waals surface area (Å²) in [7, 11) is 0. The largest absolute Gasteiger partial charge is 0.434 e. The van der Waals surface area contributed by atoms with Gasteiger partial charge in [0.15, 0.2) is 5.69 Å². The van der Waals surface area contributed by atoms with Crippen LogP contribution in [0.2, 0.25) is 0 Å². The molecule has 0 amide bonds. The third-order valence-electron chi connectivity index (χ3n) is 1.21. The van der Waals surface area contributed by atoms with Crippen molar-refractivity contribution in [2.45, 2.75) is 13.1 Å². The minimum atomic E-state index is -4.55. The van der Waals surface area contributed by atoms with Gasteiger partial charge in [0.05, 0.1) is 5.56 Å². The molecule has 0 spiro atoms. The van der Waals surface area contributed by atoms with Crippen LogP contribution in [0.4, 0.5) is 13.2 Å². The molecule has 1 N–H and O–H groups in total. The van der Waals surface area contributed by atoms with Gasteiger partial charge >= 0.3 is 11.8 Å². The first-order chi connectivity index (χ1) is 4.93. The average molecular weight is 167 g/mol. The zero-order valence-corrected chi connectivity index (χ0v) is 5.45. The molecule has 0 saturated carbocycles. The van der Waals surface area contributed by atoms with E-state index in [1.807, 2.05) is 0 Å². The maximum atomic E-state index is 11.8. The van der Waals surface area contributed by atoms with Gasteiger partial charge in [-0.2, -0.15) is 13.2 Å². The van der Waals surface area contributed by atoms with E-state index in [0.717, 1.165) is 6.92 Å². The number of rotatable bonds is 0. The average Bonchev–Trinajstić information content (AvgIpc) is 2.11. The molecule has 0 atom stereocenters. The van der Waals surface area contributed by atoms with E-state index in [9.17, 15) is 18.0 Å². The fourth-order valence-electron chi connectivity index (χ4n) is 0.623. The molecule has 11 heavy (non-hydrogen) atoms. The molecule has 1 heterocycles. The second-order valence-corrected chi connectivity index (χ2v) is 1.99. The smallest absolute Gasteiger partial charge is 0.338 e. The van der Waals surface area contributed by atoms with Crippen molar-refractivity contribution in [2.24, 2.45) is 0 Å². The minimum Gasteiger partial charge on any atom is -0.338 e. The molecule has 0 aromatic carbocycles. The van der Waals surface area contributed by atoms with Crippen molar-refractivity contribution in [3.8, 4) is 0 Å². The Morgan fingerprint density at radius 1 is 1.45 bits per heavy atom. The number of H-pyrrole nitrogens is 1. The van der Waals surface area contributed by atoms with Gasteiger partial charge in [0.2, 0.25) is 0 Å². The van der Waals surface area contributed by atoms with E-state index in [1.54, 1.807) is 0 Å². The molecular formula is C5H4F3NO2. The van der Waals surface area contributed by atoms with Crippen LogP contribution < -0.4 is 5.63 Å². The molecule has 0 radical (unpaired) electrons. The van der Waals surface area contributed by atoms with Gasteiger partial charge in [0.25, 0.3) is 0 Å². The first kappa shape index (κ1) is 7.90. The van der Waals surface area contributed by atoms with Gasteiger partial charge in [0, 0.05) is 0 Å². The van der Waals surface area contributed by atoms with Crippen LogP contribution in [0.1, 0.15) is 11.3 Å². The summed E-state index contributed by atoms with van der Waals surface area (Å²) in [6.07, 6.45) is -4.55. The highest BCUT2D eigenvalue weighted by Crippen LogP contribution is 2.28. The van der Waals surface area contributed by atoms with Crippen molar-refractivity contribution < 1.29 is 17.7 Å². The van der Waals surface area contributed by atoms with Crippen LogP contribution in [0.5, 0.6) is 0 Å². The molecule has 0 unspecified atom stereocenters. The number of aromatic amines is 1. The van der Waals surface area contributed by atoms with Crippen LogP contribution in [-0.4, -0.2) is 5.16 Å². The lowest BCUT2D eigenvalue weighted by molar-refractivity contribution is -0.143. The first-order valence-electron chi connectivity index (χ1n) is 2.68. The Bertz CT molecular complexity index is 308. The molecule has 0 fully saturated rings. The highest BCUT2D eigenvalue weighted by Gasteiger charge is 2.36. The summed E-state index contributed by atoms with van der Waals surface area (Å²) < 4.78 is 39.4. The van der Waals surface area contributed by atoms with Crippen molar-refractivity contribution >= 4 is 0 Å². The number of alkyl halides is 3. The predicted octanol–water partition coefficient (Wildman–Crippen LogP) is 1.30. The van der Waals surface area contributed by atoms with E-state index in [4.69, 9.17) is 0 Å². The summed E-state index contributed by atoms with van der Waals surface area (Å²) >= 11 is 0. The monoisotopic (exact) mass is 167 g/mol. The van der Waals surface area contributed by atoms with Crippen LogP contribution in [0.3, 0.4) is 0 Å². The topological polar surface area (TPSA) is 46.0 Å². The maximum absolute atomic E-state index is 11.8. The summed E-state index contributed by atoms with van der Waals surface area (Å²) in [6.45, 7) is 1.05. The molecule has 0 aliphatic carbocycles. The van der Waals surface area contributed by atoms with Gasteiger partial charge in [0.1, 0.15) is 0 Å². The van der Waals surface area contributed by atoms with Crippen molar-refractivity contribution in [3.63, 3.8) is 0 Å². The Hall–Kier alpha value is -1.20. The molecule has 0 bridgehead atoms. The molecule has 0 aliphatic heterocycles. The Labute approximate surface area is 58.8 Å². The molecule has 1 rings (SSSR count). The Morgan fingerprint density at radius 2 is 2.00 bits per heavy atom. The van der Waals surface area contributed by atoms with E-state index in [-0.39, 0.29) is 0 Å². The molecule has 0 aliphatic rings. The zero-order valence-electron chi connectivity index (χ0n) is 5.45. The lowest BCUT2D eigenvalue weighted by Gasteiger charge is -2.00. The minimum absolute atomic E-state index is 0.447. The van der Waals surface area contributed by atoms with E-state index in [1.165, 1.54) is 5.16 Å². The van der Waals surface area contributed by atoms with Crippen LogP contribution in [-0.2, 0) is 6.18 Å². The van der Waals surface area contributed by atoms with Gasteiger partial charge in [-0.3, -0.25) is 0 Å². The Balaban J connectivity index is 3.26. The van der Waals surface area contributed by atoms with E-state index >= 15 is 0 Å². The molecule has 3 nitrogen and oxygen atoms in total. The normalized spacial score (nSPS) is 12.0. The van der Waals surface area contributed by atoms with Crippen molar-refractivity contribution in [1.82, 2.24) is 5.16 Å². The van der Waals surface area contributed by atoms with E-state index in [0.29, 0.717) is 0 Å². The van der Waals surface area contributed by atoms with Crippen molar-refractivity contribution in [2.75, 3.05) is 0 Å². The summed E-state index contributed by atoms with van der Waals surface area (Å²) in [4.78, 5) is 10.4. The highest BCUT2D eigenvalue weighted by molar-refractivity contribution is 5.15. The molecule has 62 valence electrons. The maximum Gasteiger partial charge on any atom is 0.434 e. The second kappa shape index (κ2) is 2.14. The first-order valence-corrected chi connectivity index (χ1v) is 2.68. The lowest BCUT2D eigenvalue weighted by Crippen LogP contribution is -2.09. The van der Waals surface area contributed by atoms with Gasteiger partial charge in [-0.05, 0) is 6.92 Å². The second-order valence-electron chi connectivity index (χ2n) is 1.99. The Morgan fingerprint density at radius 3 is 2.18 bits per heavy atom. The highest BCUT2D eigenvalue weighted by atomic mass is 19.4. The van der Waals surface area contributed by atoms with Crippen LogP contribution in [0.25, 0.3) is 0 Å². The van der Waals surface area contributed by atoms with Crippen molar-refractivity contribution in [1.29, 1.82) is 0 Å². The summed E-state index contributed by atoms with van der Waals surface area (Å²) in [5.41, 5.74) is -2.56. The van der Waals surface area contributed by atoms with Gasteiger partial charge in [-0.25, -0.2) is 9.95 Å². The molecule has 0 saturated heterocycles. The van der Waals surface area contributed by atoms with Crippen LogP contribution >= 0.6 is 0 Å². The number of aromatic nitrogens is 1. The summed E-state index contributed by atoms with van der Waals surface area (Å²) in [6, 6.07) is 0. The third-order valence-corrected chi connectivity index (χ3v) is 1.21. The summed E-state index contributed by atoms with van der Waals surface area (Å²) in [5.74, 6) is 0. The van der Waals surface area contributed by atoms with Gasteiger partial charge in [-0.15, -0.1) is 0 Å². The fourth-order valence-corrected chi connectivity index (χ4v) is 0.623. The molecule has 1 aromatic heterocycles. The van der Waals surface area contributed by atoms with Crippen LogP contribution in [0.15, 0.2) is 9.32 Å². The standard InChI is InChI=1S/C5H4F3NO2/c1-2-3(5(6,7)8)9-11-4(2)10/h9H,1H3. The van der Waals surface area contributed by atoms with Gasteiger partial charge < -0.3 is 4.52 Å². The Kier molecular flexibility index (Phi) is 1.54. The predicted molar refractivity (Wildman–Crippen MR) is 29.1 cm³/mol. The number of nitrogens with one attached hydrogen (secondary N) is 1. The lowest BCUT2D eigenvalue weighted by atomic mass is 10.3. The molecular weight excluding hydrogens is 163 g/mol. The molecule has 6 heteroatoms. The van der Waals surface area contributed by atoms with Crippen molar-refractivity contribution in [3.05, 3.63) is 21.7 Å². The van der Waals surface area contributed by atoms with E-state index < -0.39 is 23.1 Å². The summed E-state index contributed by atoms with van der Waals surface area (Å²) in [5, 5.41) is 1.50. The van der Waals surface area contributed by atoms with E-state index in [2.05, 4.69) is 4.52 Å². The zero-order chi connectivity index (χ0) is 8.65. The molecule has 1 aromatic rings. The quantitative estimate of drug-likeness (QED) is 0.632. The van der Waals surface area contributed by atoms with Crippen LogP contribution in [0, 0.1) is 6.92 Å². The SMILES string of the molecule is Cc1c(C(F)(F)F)[nH]oc1=O. The fraction of sp³-hybridized carbons (Fsp3) is 0.400. The number of halogens is 3. The number of hydrogen-bond donors (Lipinski definition) is 1. The third kappa shape index (κ3) is 1.28. The number of hydrogen-bond acceptors (Lipinski definition) is 2.